The lowest BCUT2D eigenvalue weighted by Gasteiger charge is -2.16. The summed E-state index contributed by atoms with van der Waals surface area (Å²) in [4.78, 5) is 11.9. The molecule has 104 valence electrons. The van der Waals surface area contributed by atoms with E-state index in [4.69, 9.17) is 16.0 Å². The standard InChI is InChI=1S/C14H19ClN2O2/c1-9(5-6-15)12(18)17-13-10(7-16)11(8-19-13)14(2,3)4/h8-9H,5-6H2,1-4H3,(H,17,18). The number of hydrogen-bond acceptors (Lipinski definition) is 3. The molecule has 1 aromatic rings. The van der Waals surface area contributed by atoms with Crippen molar-refractivity contribution >= 4 is 23.4 Å². The van der Waals surface area contributed by atoms with Crippen LogP contribution in [0.5, 0.6) is 0 Å². The normalized spacial score (nSPS) is 12.8. The van der Waals surface area contributed by atoms with Crippen LogP contribution in [0.1, 0.15) is 45.2 Å². The van der Waals surface area contributed by atoms with Gasteiger partial charge in [-0.05, 0) is 11.8 Å². The zero-order chi connectivity index (χ0) is 14.6. The van der Waals surface area contributed by atoms with Crippen LogP contribution in [0.3, 0.4) is 0 Å². The molecule has 1 rings (SSSR count). The maximum absolute atomic E-state index is 11.9. The summed E-state index contributed by atoms with van der Waals surface area (Å²) in [5.41, 5.74) is 0.966. The molecule has 0 bridgehead atoms. The second-order valence-corrected chi connectivity index (χ2v) is 5.96. The van der Waals surface area contributed by atoms with Crippen molar-refractivity contribution in [2.45, 2.75) is 39.5 Å². The first-order valence-electron chi connectivity index (χ1n) is 6.20. The molecule has 0 aromatic carbocycles. The summed E-state index contributed by atoms with van der Waals surface area (Å²) in [5.74, 6) is 0.239. The Labute approximate surface area is 118 Å². The number of rotatable bonds is 4. The fraction of sp³-hybridized carbons (Fsp3) is 0.571. The zero-order valence-corrected chi connectivity index (χ0v) is 12.5. The summed E-state index contributed by atoms with van der Waals surface area (Å²) >= 11 is 5.61. The smallest absolute Gasteiger partial charge is 0.229 e. The summed E-state index contributed by atoms with van der Waals surface area (Å²) in [6.45, 7) is 7.75. The minimum Gasteiger partial charge on any atom is -0.447 e. The largest absolute Gasteiger partial charge is 0.447 e. The van der Waals surface area contributed by atoms with Gasteiger partial charge in [-0.15, -0.1) is 11.6 Å². The Morgan fingerprint density at radius 3 is 2.68 bits per heavy atom. The van der Waals surface area contributed by atoms with Gasteiger partial charge in [0, 0.05) is 17.4 Å². The average molecular weight is 283 g/mol. The quantitative estimate of drug-likeness (QED) is 0.857. The van der Waals surface area contributed by atoms with Crippen molar-refractivity contribution in [2.75, 3.05) is 11.2 Å². The summed E-state index contributed by atoms with van der Waals surface area (Å²) in [6, 6.07) is 2.09. The van der Waals surface area contributed by atoms with Crippen molar-refractivity contribution in [3.63, 3.8) is 0 Å². The van der Waals surface area contributed by atoms with E-state index in [0.29, 0.717) is 17.9 Å². The maximum atomic E-state index is 11.9. The predicted octanol–water partition coefficient (Wildman–Crippen LogP) is 3.65. The topological polar surface area (TPSA) is 66.0 Å². The molecule has 1 amide bonds. The van der Waals surface area contributed by atoms with E-state index in [0.717, 1.165) is 5.56 Å². The van der Waals surface area contributed by atoms with Crippen molar-refractivity contribution in [1.82, 2.24) is 0 Å². The van der Waals surface area contributed by atoms with Crippen LogP contribution in [0.4, 0.5) is 5.88 Å². The number of nitriles is 1. The molecule has 0 fully saturated rings. The lowest BCUT2D eigenvalue weighted by molar-refractivity contribution is -0.119. The first kappa shape index (κ1) is 15.6. The minimum atomic E-state index is -0.216. The second-order valence-electron chi connectivity index (χ2n) is 5.58. The Balaban J connectivity index is 2.95. The SMILES string of the molecule is CC(CCCl)C(=O)Nc1occ(C(C)(C)C)c1C#N. The number of nitrogens with zero attached hydrogens (tertiary/aromatic N) is 1. The van der Waals surface area contributed by atoms with Gasteiger partial charge in [0.1, 0.15) is 11.6 Å². The van der Waals surface area contributed by atoms with Crippen LogP contribution in [-0.2, 0) is 10.2 Å². The number of carbonyl (C=O) groups is 1. The van der Waals surface area contributed by atoms with E-state index in [2.05, 4.69) is 11.4 Å². The van der Waals surface area contributed by atoms with Crippen molar-refractivity contribution in [2.24, 2.45) is 5.92 Å². The highest BCUT2D eigenvalue weighted by Crippen LogP contribution is 2.32. The summed E-state index contributed by atoms with van der Waals surface area (Å²) in [7, 11) is 0. The molecule has 1 N–H and O–H groups in total. The molecule has 4 nitrogen and oxygen atoms in total. The number of carbonyl (C=O) groups excluding carboxylic acids is 1. The van der Waals surface area contributed by atoms with Crippen molar-refractivity contribution < 1.29 is 9.21 Å². The molecule has 0 aliphatic carbocycles. The molecule has 19 heavy (non-hydrogen) atoms. The van der Waals surface area contributed by atoms with Gasteiger partial charge in [-0.25, -0.2) is 0 Å². The maximum Gasteiger partial charge on any atom is 0.229 e. The number of nitrogens with one attached hydrogen (secondary N) is 1. The molecule has 1 heterocycles. The van der Waals surface area contributed by atoms with Crippen LogP contribution in [0.25, 0.3) is 0 Å². The molecule has 0 aliphatic heterocycles. The third-order valence-corrected chi connectivity index (χ3v) is 3.16. The van der Waals surface area contributed by atoms with Gasteiger partial charge >= 0.3 is 0 Å². The monoisotopic (exact) mass is 282 g/mol. The molecule has 0 aliphatic rings. The zero-order valence-electron chi connectivity index (χ0n) is 11.7. The number of alkyl halides is 1. The first-order chi connectivity index (χ1) is 8.81. The lowest BCUT2D eigenvalue weighted by Crippen LogP contribution is -2.21. The van der Waals surface area contributed by atoms with E-state index < -0.39 is 0 Å². The van der Waals surface area contributed by atoms with Crippen LogP contribution in [0, 0.1) is 17.2 Å². The first-order valence-corrected chi connectivity index (χ1v) is 6.73. The van der Waals surface area contributed by atoms with Crippen LogP contribution in [0.2, 0.25) is 0 Å². The van der Waals surface area contributed by atoms with Crippen LogP contribution in [0.15, 0.2) is 10.7 Å². The van der Waals surface area contributed by atoms with E-state index in [1.807, 2.05) is 20.8 Å². The van der Waals surface area contributed by atoms with Crippen molar-refractivity contribution in [3.05, 3.63) is 17.4 Å². The molecule has 0 radical (unpaired) electrons. The summed E-state index contributed by atoms with van der Waals surface area (Å²) in [6.07, 6.45) is 2.11. The van der Waals surface area contributed by atoms with E-state index in [-0.39, 0.29) is 23.1 Å². The predicted molar refractivity (Wildman–Crippen MR) is 75.3 cm³/mol. The van der Waals surface area contributed by atoms with Gasteiger partial charge in [-0.2, -0.15) is 5.26 Å². The van der Waals surface area contributed by atoms with E-state index in [9.17, 15) is 10.1 Å². The Hall–Kier alpha value is -1.47. The van der Waals surface area contributed by atoms with E-state index in [1.165, 1.54) is 6.26 Å². The highest BCUT2D eigenvalue weighted by atomic mass is 35.5. The van der Waals surface area contributed by atoms with Crippen molar-refractivity contribution in [3.8, 4) is 6.07 Å². The highest BCUT2D eigenvalue weighted by Gasteiger charge is 2.25. The Kier molecular flexibility index (Phi) is 5.02. The Morgan fingerprint density at radius 1 is 1.58 bits per heavy atom. The Bertz CT molecular complexity index is 495. The highest BCUT2D eigenvalue weighted by molar-refractivity contribution is 6.18. The van der Waals surface area contributed by atoms with Gasteiger partial charge < -0.3 is 4.42 Å². The minimum absolute atomic E-state index is 0.188. The van der Waals surface area contributed by atoms with Gasteiger partial charge in [0.05, 0.1) is 6.26 Å². The molecule has 5 heteroatoms. The van der Waals surface area contributed by atoms with Crippen LogP contribution < -0.4 is 5.32 Å². The number of amides is 1. The molecule has 0 spiro atoms. The third kappa shape index (κ3) is 3.74. The fourth-order valence-electron chi connectivity index (χ4n) is 1.64. The molecule has 0 saturated heterocycles. The summed E-state index contributed by atoms with van der Waals surface area (Å²) in [5, 5.41) is 11.9. The molecule has 0 saturated carbocycles. The van der Waals surface area contributed by atoms with Gasteiger partial charge in [0.15, 0.2) is 0 Å². The van der Waals surface area contributed by atoms with Gasteiger partial charge in [0.2, 0.25) is 11.8 Å². The van der Waals surface area contributed by atoms with Crippen LogP contribution >= 0.6 is 11.6 Å². The van der Waals surface area contributed by atoms with Gasteiger partial charge in [-0.3, -0.25) is 10.1 Å². The number of halogens is 1. The number of hydrogen-bond donors (Lipinski definition) is 1. The number of furan rings is 1. The number of anilines is 1. The molecule has 1 aromatic heterocycles. The summed E-state index contributed by atoms with van der Waals surface area (Å²) < 4.78 is 5.32. The van der Waals surface area contributed by atoms with Crippen LogP contribution in [-0.4, -0.2) is 11.8 Å². The van der Waals surface area contributed by atoms with E-state index >= 15 is 0 Å². The lowest BCUT2D eigenvalue weighted by atomic mass is 9.86. The van der Waals surface area contributed by atoms with Gasteiger partial charge in [-0.1, -0.05) is 27.7 Å². The molecule has 1 unspecified atom stereocenters. The third-order valence-electron chi connectivity index (χ3n) is 2.94. The van der Waals surface area contributed by atoms with E-state index in [1.54, 1.807) is 6.92 Å². The van der Waals surface area contributed by atoms with Crippen molar-refractivity contribution in [1.29, 1.82) is 5.26 Å². The molecule has 1 atom stereocenters. The molecular formula is C14H19ClN2O2. The second kappa shape index (κ2) is 6.12. The average Bonchev–Trinajstić information content (AvgIpc) is 2.71. The fourth-order valence-corrected chi connectivity index (χ4v) is 1.97. The molecular weight excluding hydrogens is 264 g/mol. The Morgan fingerprint density at radius 2 is 2.21 bits per heavy atom. The van der Waals surface area contributed by atoms with Gasteiger partial charge in [0.25, 0.3) is 0 Å².